The standard InChI is InChI=1S/C7H8O.Ni/c1-6-2-4-7(8)5-3-6;/h2-5,8H,1H3;. The number of phenolic OH excluding ortho intramolecular Hbond substituents is 1. The zero-order valence-electron chi connectivity index (χ0n) is 5.07. The van der Waals surface area contributed by atoms with E-state index < -0.39 is 0 Å². The van der Waals surface area contributed by atoms with Crippen LogP contribution in [0.3, 0.4) is 0 Å². The molecule has 0 radical (unpaired) electrons. The van der Waals surface area contributed by atoms with Crippen molar-refractivity contribution in [1.82, 2.24) is 0 Å². The van der Waals surface area contributed by atoms with E-state index in [4.69, 9.17) is 5.11 Å². The van der Waals surface area contributed by atoms with Gasteiger partial charge >= 0.3 is 0 Å². The summed E-state index contributed by atoms with van der Waals surface area (Å²) in [6.07, 6.45) is 0. The molecular formula is C7H8NiO. The Balaban J connectivity index is 0.000000640. The molecule has 0 fully saturated rings. The third-order valence-electron chi connectivity index (χ3n) is 1.03. The van der Waals surface area contributed by atoms with Crippen molar-refractivity contribution in [3.05, 3.63) is 29.8 Å². The second kappa shape index (κ2) is 3.52. The molecule has 0 unspecified atom stereocenters. The van der Waals surface area contributed by atoms with E-state index in [1.165, 1.54) is 5.56 Å². The summed E-state index contributed by atoms with van der Waals surface area (Å²) in [5.41, 5.74) is 1.17. The molecule has 0 amide bonds. The Morgan fingerprint density at radius 2 is 1.56 bits per heavy atom. The van der Waals surface area contributed by atoms with Crippen molar-refractivity contribution >= 4 is 0 Å². The van der Waals surface area contributed by atoms with Crippen LogP contribution in [0.15, 0.2) is 24.3 Å². The zero-order valence-corrected chi connectivity index (χ0v) is 6.06. The molecule has 1 aromatic carbocycles. The van der Waals surface area contributed by atoms with Crippen LogP contribution in [0.2, 0.25) is 0 Å². The summed E-state index contributed by atoms with van der Waals surface area (Å²) in [5, 5.41) is 8.76. The molecule has 1 nitrogen and oxygen atoms in total. The fourth-order valence-corrected chi connectivity index (χ4v) is 0.545. The zero-order chi connectivity index (χ0) is 5.98. The smallest absolute Gasteiger partial charge is 0.115 e. The van der Waals surface area contributed by atoms with E-state index in [1.807, 2.05) is 19.1 Å². The first-order chi connectivity index (χ1) is 3.79. The van der Waals surface area contributed by atoms with Crippen molar-refractivity contribution in [1.29, 1.82) is 0 Å². The van der Waals surface area contributed by atoms with E-state index >= 15 is 0 Å². The van der Waals surface area contributed by atoms with Gasteiger partial charge in [-0.05, 0) is 19.1 Å². The van der Waals surface area contributed by atoms with E-state index in [1.54, 1.807) is 12.1 Å². The first-order valence-corrected chi connectivity index (χ1v) is 2.54. The van der Waals surface area contributed by atoms with E-state index in [-0.39, 0.29) is 16.5 Å². The number of phenols is 1. The van der Waals surface area contributed by atoms with Crippen LogP contribution in [0.1, 0.15) is 5.56 Å². The molecule has 0 atom stereocenters. The van der Waals surface area contributed by atoms with Crippen LogP contribution < -0.4 is 0 Å². The number of hydrogen-bond acceptors (Lipinski definition) is 1. The topological polar surface area (TPSA) is 20.2 Å². The van der Waals surface area contributed by atoms with Crippen LogP contribution in [0, 0.1) is 6.92 Å². The van der Waals surface area contributed by atoms with Gasteiger partial charge in [0.25, 0.3) is 0 Å². The van der Waals surface area contributed by atoms with Gasteiger partial charge in [-0.2, -0.15) is 0 Å². The fourth-order valence-electron chi connectivity index (χ4n) is 0.545. The first kappa shape index (κ1) is 8.51. The van der Waals surface area contributed by atoms with Crippen LogP contribution >= 0.6 is 0 Å². The second-order valence-electron chi connectivity index (χ2n) is 1.84. The maximum Gasteiger partial charge on any atom is 0.115 e. The van der Waals surface area contributed by atoms with E-state index in [9.17, 15) is 0 Å². The van der Waals surface area contributed by atoms with E-state index in [2.05, 4.69) is 0 Å². The molecule has 0 aliphatic heterocycles. The molecule has 2 heteroatoms. The molecule has 0 aromatic heterocycles. The minimum absolute atomic E-state index is 0. The predicted octanol–water partition coefficient (Wildman–Crippen LogP) is 1.70. The molecular weight excluding hydrogens is 159 g/mol. The summed E-state index contributed by atoms with van der Waals surface area (Å²) < 4.78 is 0. The van der Waals surface area contributed by atoms with Crippen molar-refractivity contribution in [3.63, 3.8) is 0 Å². The molecule has 1 rings (SSSR count). The molecule has 0 saturated carbocycles. The van der Waals surface area contributed by atoms with Gasteiger partial charge < -0.3 is 5.11 Å². The molecule has 9 heavy (non-hydrogen) atoms. The minimum Gasteiger partial charge on any atom is -0.508 e. The third-order valence-corrected chi connectivity index (χ3v) is 1.03. The van der Waals surface area contributed by atoms with Gasteiger partial charge in [0.05, 0.1) is 0 Å². The largest absolute Gasteiger partial charge is 0.508 e. The average Bonchev–Trinajstić information content (AvgIpc) is 1.77. The summed E-state index contributed by atoms with van der Waals surface area (Å²) in [4.78, 5) is 0. The quantitative estimate of drug-likeness (QED) is 0.582. The Morgan fingerprint density at radius 3 is 1.89 bits per heavy atom. The van der Waals surface area contributed by atoms with Crippen molar-refractivity contribution in [2.75, 3.05) is 0 Å². The Bertz CT molecular complexity index is 148. The van der Waals surface area contributed by atoms with Crippen molar-refractivity contribution < 1.29 is 21.6 Å². The van der Waals surface area contributed by atoms with Gasteiger partial charge in [-0.15, -0.1) is 0 Å². The van der Waals surface area contributed by atoms with Gasteiger partial charge in [-0.1, -0.05) is 17.7 Å². The van der Waals surface area contributed by atoms with Gasteiger partial charge in [0, 0.05) is 16.5 Å². The summed E-state index contributed by atoms with van der Waals surface area (Å²) in [7, 11) is 0. The molecule has 0 saturated heterocycles. The Labute approximate surface area is 64.6 Å². The van der Waals surface area contributed by atoms with Gasteiger partial charge in [-0.25, -0.2) is 0 Å². The number of aryl methyl sites for hydroxylation is 1. The van der Waals surface area contributed by atoms with Gasteiger partial charge in [0.2, 0.25) is 0 Å². The summed E-state index contributed by atoms with van der Waals surface area (Å²) in [5.74, 6) is 0.329. The predicted molar refractivity (Wildman–Crippen MR) is 32.8 cm³/mol. The normalized spacial score (nSPS) is 8.11. The van der Waals surface area contributed by atoms with Crippen molar-refractivity contribution in [2.45, 2.75) is 6.92 Å². The van der Waals surface area contributed by atoms with Crippen LogP contribution in [-0.2, 0) is 16.5 Å². The van der Waals surface area contributed by atoms with Gasteiger partial charge in [0.15, 0.2) is 0 Å². The van der Waals surface area contributed by atoms with E-state index in [0.29, 0.717) is 5.75 Å². The van der Waals surface area contributed by atoms with E-state index in [0.717, 1.165) is 0 Å². The van der Waals surface area contributed by atoms with Crippen LogP contribution in [0.5, 0.6) is 5.75 Å². The summed E-state index contributed by atoms with van der Waals surface area (Å²) in [6.45, 7) is 1.99. The monoisotopic (exact) mass is 166 g/mol. The van der Waals surface area contributed by atoms with Crippen molar-refractivity contribution in [2.24, 2.45) is 0 Å². The number of aromatic hydroxyl groups is 1. The fraction of sp³-hybridized carbons (Fsp3) is 0.143. The molecule has 0 bridgehead atoms. The number of rotatable bonds is 0. The molecule has 0 spiro atoms. The Morgan fingerprint density at radius 1 is 1.11 bits per heavy atom. The maximum atomic E-state index is 8.76. The van der Waals surface area contributed by atoms with Crippen LogP contribution in [0.25, 0.3) is 0 Å². The Hall–Kier alpha value is -0.486. The number of hydrogen-bond donors (Lipinski definition) is 1. The average molecular weight is 167 g/mol. The molecule has 0 aliphatic carbocycles. The van der Waals surface area contributed by atoms with Crippen molar-refractivity contribution in [3.8, 4) is 5.75 Å². The minimum atomic E-state index is 0. The second-order valence-corrected chi connectivity index (χ2v) is 1.84. The first-order valence-electron chi connectivity index (χ1n) is 2.54. The maximum absolute atomic E-state index is 8.76. The Kier molecular flexibility index (Phi) is 3.33. The molecule has 1 aromatic rings. The summed E-state index contributed by atoms with van der Waals surface area (Å²) >= 11 is 0. The molecule has 52 valence electrons. The molecule has 0 heterocycles. The van der Waals surface area contributed by atoms with Gasteiger partial charge in [0.1, 0.15) is 5.75 Å². The summed E-state index contributed by atoms with van der Waals surface area (Å²) in [6, 6.07) is 7.09. The number of benzene rings is 1. The third kappa shape index (κ3) is 2.52. The molecule has 1 N–H and O–H groups in total. The van der Waals surface area contributed by atoms with Crippen LogP contribution in [-0.4, -0.2) is 5.11 Å². The SMILES string of the molecule is Cc1ccc(O)cc1.[Ni]. The molecule has 0 aliphatic rings. The van der Waals surface area contributed by atoms with Gasteiger partial charge in [-0.3, -0.25) is 0 Å². The van der Waals surface area contributed by atoms with Crippen LogP contribution in [0.4, 0.5) is 0 Å².